The van der Waals surface area contributed by atoms with Crippen LogP contribution in [0.3, 0.4) is 0 Å². The van der Waals surface area contributed by atoms with E-state index in [9.17, 15) is 9.59 Å². The summed E-state index contributed by atoms with van der Waals surface area (Å²) in [6, 6.07) is 11.1. The zero-order chi connectivity index (χ0) is 20.1. The minimum Gasteiger partial charge on any atom is -0.383 e. The molecule has 0 radical (unpaired) electrons. The molecule has 1 aromatic heterocycles. The van der Waals surface area contributed by atoms with Crippen LogP contribution < -0.4 is 5.32 Å². The summed E-state index contributed by atoms with van der Waals surface area (Å²) in [7, 11) is 1.62. The highest BCUT2D eigenvalue weighted by Crippen LogP contribution is 2.44. The number of carbonyl (C=O) groups is 2. The van der Waals surface area contributed by atoms with E-state index >= 15 is 0 Å². The van der Waals surface area contributed by atoms with Gasteiger partial charge in [0.15, 0.2) is 0 Å². The van der Waals surface area contributed by atoms with Gasteiger partial charge in [0.2, 0.25) is 5.91 Å². The molecule has 150 valence electrons. The van der Waals surface area contributed by atoms with E-state index in [1.165, 1.54) is 0 Å². The van der Waals surface area contributed by atoms with Crippen molar-refractivity contribution in [1.29, 1.82) is 0 Å². The second kappa shape index (κ2) is 9.34. The van der Waals surface area contributed by atoms with Gasteiger partial charge in [-0.1, -0.05) is 38.1 Å². The van der Waals surface area contributed by atoms with Crippen molar-refractivity contribution in [2.75, 3.05) is 26.8 Å². The maximum Gasteiger partial charge on any atom is 0.254 e. The lowest BCUT2D eigenvalue weighted by atomic mass is 9.81. The molecule has 28 heavy (non-hydrogen) atoms. The maximum atomic E-state index is 13.3. The molecule has 2 atom stereocenters. The fourth-order valence-electron chi connectivity index (χ4n) is 3.68. The Morgan fingerprint density at radius 2 is 2.04 bits per heavy atom. The van der Waals surface area contributed by atoms with E-state index in [1.807, 2.05) is 41.8 Å². The zero-order valence-electron chi connectivity index (χ0n) is 16.7. The number of nitrogens with one attached hydrogen (secondary N) is 1. The number of rotatable bonds is 8. The number of methoxy groups -OCH3 is 1. The van der Waals surface area contributed by atoms with Crippen LogP contribution in [0.25, 0.3) is 0 Å². The van der Waals surface area contributed by atoms with Crippen LogP contribution in [0.4, 0.5) is 0 Å². The van der Waals surface area contributed by atoms with Crippen LogP contribution in [-0.4, -0.2) is 43.5 Å². The second-order valence-corrected chi connectivity index (χ2v) is 8.47. The molecule has 6 heteroatoms. The Bertz CT molecular complexity index is 804. The summed E-state index contributed by atoms with van der Waals surface area (Å²) in [5, 5.41) is 5.09. The van der Waals surface area contributed by atoms with Crippen molar-refractivity contribution in [3.63, 3.8) is 0 Å². The van der Waals surface area contributed by atoms with Gasteiger partial charge < -0.3 is 15.0 Å². The molecule has 2 aromatic rings. The van der Waals surface area contributed by atoms with Crippen molar-refractivity contribution in [2.24, 2.45) is 5.92 Å². The third kappa shape index (κ3) is 4.28. The molecule has 1 aromatic carbocycles. The summed E-state index contributed by atoms with van der Waals surface area (Å²) >= 11 is 1.58. The van der Waals surface area contributed by atoms with E-state index in [2.05, 4.69) is 19.2 Å². The number of carbonyl (C=O) groups excluding carboxylic acids is 2. The number of benzene rings is 1. The van der Waals surface area contributed by atoms with Crippen molar-refractivity contribution in [1.82, 2.24) is 10.2 Å². The van der Waals surface area contributed by atoms with E-state index in [0.29, 0.717) is 31.2 Å². The highest BCUT2D eigenvalue weighted by atomic mass is 32.1. The molecule has 0 spiro atoms. The Kier molecular flexibility index (Phi) is 6.86. The van der Waals surface area contributed by atoms with Crippen LogP contribution in [0.5, 0.6) is 0 Å². The molecule has 1 N–H and O–H groups in total. The zero-order valence-corrected chi connectivity index (χ0v) is 17.5. The molecule has 2 heterocycles. The molecule has 0 bridgehead atoms. The summed E-state index contributed by atoms with van der Waals surface area (Å²) in [6.45, 7) is 5.79. The monoisotopic (exact) mass is 400 g/mol. The largest absolute Gasteiger partial charge is 0.383 e. The number of ether oxygens (including phenoxy) is 1. The first-order valence-corrected chi connectivity index (χ1v) is 10.6. The van der Waals surface area contributed by atoms with Crippen LogP contribution in [-0.2, 0) is 9.53 Å². The molecular formula is C22H28N2O3S. The third-order valence-electron chi connectivity index (χ3n) is 5.11. The molecule has 1 aliphatic rings. The third-order valence-corrected chi connectivity index (χ3v) is 6.06. The van der Waals surface area contributed by atoms with Crippen molar-refractivity contribution >= 4 is 23.2 Å². The molecule has 5 nitrogen and oxygen atoms in total. The average molecular weight is 401 g/mol. The second-order valence-electron chi connectivity index (χ2n) is 7.49. The van der Waals surface area contributed by atoms with Gasteiger partial charge in [-0.2, -0.15) is 0 Å². The number of hydrogen-bond acceptors (Lipinski definition) is 4. The molecule has 0 aliphatic carbocycles. The normalized spacial score (nSPS) is 19.0. The van der Waals surface area contributed by atoms with Gasteiger partial charge in [0.1, 0.15) is 0 Å². The van der Waals surface area contributed by atoms with Gasteiger partial charge in [-0.25, -0.2) is 0 Å². The Labute approximate surface area is 170 Å². The topological polar surface area (TPSA) is 58.6 Å². The molecule has 3 rings (SSSR count). The maximum absolute atomic E-state index is 13.3. The summed E-state index contributed by atoms with van der Waals surface area (Å²) in [5.41, 5.74) is 1.41. The van der Waals surface area contributed by atoms with Crippen LogP contribution in [0, 0.1) is 5.92 Å². The van der Waals surface area contributed by atoms with Gasteiger partial charge in [-0.15, -0.1) is 11.3 Å². The Morgan fingerprint density at radius 3 is 2.71 bits per heavy atom. The number of nitrogens with zero attached hydrogens (tertiary/aromatic N) is 1. The van der Waals surface area contributed by atoms with Gasteiger partial charge in [0, 0.05) is 30.6 Å². The van der Waals surface area contributed by atoms with E-state index < -0.39 is 5.92 Å². The Hall–Kier alpha value is -2.18. The smallest absolute Gasteiger partial charge is 0.254 e. The summed E-state index contributed by atoms with van der Waals surface area (Å²) in [5.74, 6) is 0.0158. The number of hydrogen-bond donors (Lipinski definition) is 1. The van der Waals surface area contributed by atoms with Gasteiger partial charge in [-0.3, -0.25) is 9.59 Å². The fraction of sp³-hybridized carbons (Fsp3) is 0.455. The SMILES string of the molecule is COCCN1C(=O)c2ccccc2C(C(=O)NCCC(C)C)C1c1cccs1. The van der Waals surface area contributed by atoms with E-state index in [-0.39, 0.29) is 17.9 Å². The molecule has 0 fully saturated rings. The molecule has 0 saturated carbocycles. The predicted octanol–water partition coefficient (Wildman–Crippen LogP) is 3.84. The lowest BCUT2D eigenvalue weighted by Crippen LogP contribution is -2.48. The fourth-order valence-corrected chi connectivity index (χ4v) is 4.55. The van der Waals surface area contributed by atoms with Crippen LogP contribution >= 0.6 is 11.3 Å². The Morgan fingerprint density at radius 1 is 1.25 bits per heavy atom. The van der Waals surface area contributed by atoms with E-state index in [4.69, 9.17) is 4.74 Å². The number of fused-ring (bicyclic) bond motifs is 1. The minimum absolute atomic E-state index is 0.0265. The van der Waals surface area contributed by atoms with Gasteiger partial charge in [0.25, 0.3) is 5.91 Å². The first-order valence-electron chi connectivity index (χ1n) is 9.74. The summed E-state index contributed by atoms with van der Waals surface area (Å²) < 4.78 is 5.24. The van der Waals surface area contributed by atoms with E-state index in [1.54, 1.807) is 23.3 Å². The predicted molar refractivity (Wildman–Crippen MR) is 112 cm³/mol. The van der Waals surface area contributed by atoms with Crippen LogP contribution in [0.15, 0.2) is 41.8 Å². The highest BCUT2D eigenvalue weighted by molar-refractivity contribution is 7.10. The summed E-state index contributed by atoms with van der Waals surface area (Å²) in [6.07, 6.45) is 0.927. The van der Waals surface area contributed by atoms with Crippen molar-refractivity contribution in [2.45, 2.75) is 32.2 Å². The first kappa shape index (κ1) is 20.6. The lowest BCUT2D eigenvalue weighted by molar-refractivity contribution is -0.124. The number of amides is 2. The lowest BCUT2D eigenvalue weighted by Gasteiger charge is -2.41. The quantitative estimate of drug-likeness (QED) is 0.732. The molecular weight excluding hydrogens is 372 g/mol. The number of thiophene rings is 1. The molecule has 2 unspecified atom stereocenters. The minimum atomic E-state index is -0.434. The summed E-state index contributed by atoms with van der Waals surface area (Å²) in [4.78, 5) is 29.4. The van der Waals surface area contributed by atoms with Crippen molar-refractivity contribution < 1.29 is 14.3 Å². The van der Waals surface area contributed by atoms with Gasteiger partial charge in [0.05, 0.1) is 18.6 Å². The van der Waals surface area contributed by atoms with E-state index in [0.717, 1.165) is 16.9 Å². The molecule has 0 saturated heterocycles. The van der Waals surface area contributed by atoms with Crippen LogP contribution in [0.1, 0.15) is 53.0 Å². The van der Waals surface area contributed by atoms with Gasteiger partial charge in [-0.05, 0) is 35.4 Å². The molecule has 1 aliphatic heterocycles. The average Bonchev–Trinajstić information content (AvgIpc) is 3.21. The van der Waals surface area contributed by atoms with Crippen LogP contribution in [0.2, 0.25) is 0 Å². The van der Waals surface area contributed by atoms with Crippen molar-refractivity contribution in [3.8, 4) is 0 Å². The first-order chi connectivity index (χ1) is 13.5. The highest BCUT2D eigenvalue weighted by Gasteiger charge is 2.44. The Balaban J connectivity index is 2.01. The van der Waals surface area contributed by atoms with Gasteiger partial charge >= 0.3 is 0 Å². The standard InChI is InChI=1S/C22H28N2O3S/c1-15(2)10-11-23-21(25)19-16-7-4-5-8-17(16)22(26)24(12-13-27-3)20(19)18-9-6-14-28-18/h4-9,14-15,19-20H,10-13H2,1-3H3,(H,23,25). The molecule has 2 amide bonds. The van der Waals surface area contributed by atoms with Crippen molar-refractivity contribution in [3.05, 3.63) is 57.8 Å².